The topological polar surface area (TPSA) is 90.0 Å². The SMILES string of the molecule is CCn1nccc1-c1cc(S(=O)(=O)NC(C)(C)C)ccc1CC(C)(C)N. The molecular weight excluding hydrogens is 348 g/mol. The number of hydrogen-bond donors (Lipinski definition) is 2. The highest BCUT2D eigenvalue weighted by Gasteiger charge is 2.24. The van der Waals surface area contributed by atoms with Gasteiger partial charge in [-0.25, -0.2) is 13.1 Å². The van der Waals surface area contributed by atoms with E-state index in [0.29, 0.717) is 13.0 Å². The van der Waals surface area contributed by atoms with Crippen molar-refractivity contribution in [1.82, 2.24) is 14.5 Å². The van der Waals surface area contributed by atoms with Crippen LogP contribution >= 0.6 is 0 Å². The van der Waals surface area contributed by atoms with Crippen LogP contribution in [-0.4, -0.2) is 29.3 Å². The Balaban J connectivity index is 2.61. The predicted octanol–water partition coefficient (Wildman–Crippen LogP) is 2.93. The Morgan fingerprint density at radius 2 is 1.81 bits per heavy atom. The van der Waals surface area contributed by atoms with Crippen molar-refractivity contribution in [3.05, 3.63) is 36.0 Å². The lowest BCUT2D eigenvalue weighted by atomic mass is 9.92. The zero-order chi connectivity index (χ0) is 19.8. The molecule has 0 saturated heterocycles. The molecule has 26 heavy (non-hydrogen) atoms. The summed E-state index contributed by atoms with van der Waals surface area (Å²) in [5, 5.41) is 4.32. The predicted molar refractivity (Wildman–Crippen MR) is 105 cm³/mol. The Morgan fingerprint density at radius 3 is 2.35 bits per heavy atom. The van der Waals surface area contributed by atoms with Crippen LogP contribution in [0.2, 0.25) is 0 Å². The maximum atomic E-state index is 12.8. The second-order valence-electron chi connectivity index (χ2n) is 8.37. The molecule has 0 bridgehead atoms. The van der Waals surface area contributed by atoms with Crippen molar-refractivity contribution in [1.29, 1.82) is 0 Å². The van der Waals surface area contributed by atoms with E-state index in [1.54, 1.807) is 18.3 Å². The highest BCUT2D eigenvalue weighted by Crippen LogP contribution is 2.29. The van der Waals surface area contributed by atoms with Gasteiger partial charge in [0.1, 0.15) is 0 Å². The van der Waals surface area contributed by atoms with Gasteiger partial charge in [0.05, 0.1) is 10.6 Å². The van der Waals surface area contributed by atoms with Gasteiger partial charge in [0.2, 0.25) is 10.0 Å². The molecule has 144 valence electrons. The molecule has 1 aromatic carbocycles. The zero-order valence-corrected chi connectivity index (χ0v) is 17.3. The van der Waals surface area contributed by atoms with Gasteiger partial charge in [-0.05, 0) is 71.7 Å². The van der Waals surface area contributed by atoms with Crippen LogP contribution in [0, 0.1) is 0 Å². The fourth-order valence-corrected chi connectivity index (χ4v) is 4.33. The first-order valence-corrected chi connectivity index (χ1v) is 10.3. The molecule has 0 saturated carbocycles. The van der Waals surface area contributed by atoms with E-state index in [1.807, 2.05) is 58.4 Å². The Morgan fingerprint density at radius 1 is 1.15 bits per heavy atom. The number of nitrogens with zero attached hydrogens (tertiary/aromatic N) is 2. The Labute approximate surface area is 156 Å². The smallest absolute Gasteiger partial charge is 0.241 e. The van der Waals surface area contributed by atoms with Crippen molar-refractivity contribution in [2.45, 2.75) is 70.5 Å². The molecular formula is C19H30N4O2S. The minimum Gasteiger partial charge on any atom is -0.325 e. The minimum atomic E-state index is -3.62. The number of nitrogens with one attached hydrogen (secondary N) is 1. The standard InChI is InChI=1S/C19H30N4O2S/c1-7-23-17(10-11-21-23)16-12-15(26(24,25)22-18(2,3)4)9-8-14(16)13-19(5,6)20/h8-12,22H,7,13,20H2,1-6H3. The summed E-state index contributed by atoms with van der Waals surface area (Å²) in [6.07, 6.45) is 2.36. The molecule has 0 atom stereocenters. The summed E-state index contributed by atoms with van der Waals surface area (Å²) in [5.74, 6) is 0. The average Bonchev–Trinajstić information content (AvgIpc) is 2.91. The lowest BCUT2D eigenvalue weighted by Crippen LogP contribution is -2.40. The van der Waals surface area contributed by atoms with E-state index in [4.69, 9.17) is 5.73 Å². The minimum absolute atomic E-state index is 0.241. The van der Waals surface area contributed by atoms with E-state index < -0.39 is 21.1 Å². The molecule has 3 N–H and O–H groups in total. The van der Waals surface area contributed by atoms with Gasteiger partial charge < -0.3 is 5.73 Å². The molecule has 0 radical (unpaired) electrons. The van der Waals surface area contributed by atoms with Crippen molar-refractivity contribution < 1.29 is 8.42 Å². The molecule has 1 aromatic heterocycles. The summed E-state index contributed by atoms with van der Waals surface area (Å²) in [5.41, 5.74) is 7.99. The lowest BCUT2D eigenvalue weighted by molar-refractivity contribution is 0.491. The molecule has 1 heterocycles. The van der Waals surface area contributed by atoms with Crippen LogP contribution in [0.1, 0.15) is 47.1 Å². The van der Waals surface area contributed by atoms with Gasteiger partial charge in [0.15, 0.2) is 0 Å². The van der Waals surface area contributed by atoms with Crippen molar-refractivity contribution in [3.8, 4) is 11.3 Å². The van der Waals surface area contributed by atoms with E-state index in [1.165, 1.54) is 0 Å². The number of nitrogens with two attached hydrogens (primary N) is 1. The molecule has 0 aliphatic carbocycles. The molecule has 2 rings (SSSR count). The van der Waals surface area contributed by atoms with Gasteiger partial charge in [0, 0.05) is 29.4 Å². The first-order valence-electron chi connectivity index (χ1n) is 8.80. The molecule has 0 fully saturated rings. The van der Waals surface area contributed by atoms with Crippen molar-refractivity contribution in [2.75, 3.05) is 0 Å². The van der Waals surface area contributed by atoms with Gasteiger partial charge in [0.25, 0.3) is 0 Å². The van der Waals surface area contributed by atoms with Crippen LogP contribution in [0.5, 0.6) is 0 Å². The highest BCUT2D eigenvalue weighted by atomic mass is 32.2. The lowest BCUT2D eigenvalue weighted by Gasteiger charge is -2.23. The number of aromatic nitrogens is 2. The van der Waals surface area contributed by atoms with Gasteiger partial charge in [-0.3, -0.25) is 4.68 Å². The van der Waals surface area contributed by atoms with Gasteiger partial charge in [-0.1, -0.05) is 6.07 Å². The third-order valence-electron chi connectivity index (χ3n) is 3.77. The van der Waals surface area contributed by atoms with Crippen LogP contribution in [0.3, 0.4) is 0 Å². The van der Waals surface area contributed by atoms with Gasteiger partial charge >= 0.3 is 0 Å². The molecule has 0 aliphatic heterocycles. The maximum Gasteiger partial charge on any atom is 0.241 e. The number of aryl methyl sites for hydroxylation is 1. The second-order valence-corrected chi connectivity index (χ2v) is 10.1. The van der Waals surface area contributed by atoms with E-state index in [-0.39, 0.29) is 4.90 Å². The van der Waals surface area contributed by atoms with E-state index in [9.17, 15) is 8.42 Å². The molecule has 0 aliphatic rings. The number of rotatable bonds is 6. The van der Waals surface area contributed by atoms with Crippen LogP contribution in [0.15, 0.2) is 35.4 Å². The van der Waals surface area contributed by atoms with Crippen LogP contribution in [0.4, 0.5) is 0 Å². The Bertz CT molecular complexity index is 872. The Hall–Kier alpha value is -1.70. The molecule has 0 spiro atoms. The molecule has 6 nitrogen and oxygen atoms in total. The molecule has 2 aromatic rings. The van der Waals surface area contributed by atoms with E-state index in [2.05, 4.69) is 9.82 Å². The fraction of sp³-hybridized carbons (Fsp3) is 0.526. The molecule has 7 heteroatoms. The number of benzene rings is 1. The van der Waals surface area contributed by atoms with E-state index >= 15 is 0 Å². The van der Waals surface area contributed by atoms with E-state index in [0.717, 1.165) is 16.8 Å². The first kappa shape index (κ1) is 20.6. The summed E-state index contributed by atoms with van der Waals surface area (Å²) in [4.78, 5) is 0.241. The number of sulfonamides is 1. The van der Waals surface area contributed by atoms with Crippen molar-refractivity contribution in [2.24, 2.45) is 5.73 Å². The summed E-state index contributed by atoms with van der Waals surface area (Å²) in [6, 6.07) is 7.12. The quantitative estimate of drug-likeness (QED) is 0.809. The van der Waals surface area contributed by atoms with Crippen molar-refractivity contribution in [3.63, 3.8) is 0 Å². The van der Waals surface area contributed by atoms with Gasteiger partial charge in [-0.15, -0.1) is 0 Å². The largest absolute Gasteiger partial charge is 0.325 e. The summed E-state index contributed by atoms with van der Waals surface area (Å²) < 4.78 is 30.1. The summed E-state index contributed by atoms with van der Waals surface area (Å²) in [7, 11) is -3.62. The first-order chi connectivity index (χ1) is 11.8. The monoisotopic (exact) mass is 378 g/mol. The van der Waals surface area contributed by atoms with Crippen molar-refractivity contribution >= 4 is 10.0 Å². The third-order valence-corrected chi connectivity index (χ3v) is 5.53. The third kappa shape index (κ3) is 5.16. The fourth-order valence-electron chi connectivity index (χ4n) is 2.88. The van der Waals surface area contributed by atoms with Crippen LogP contribution in [0.25, 0.3) is 11.3 Å². The maximum absolute atomic E-state index is 12.8. The second kappa shape index (κ2) is 7.13. The van der Waals surface area contributed by atoms with Crippen LogP contribution < -0.4 is 10.5 Å². The number of hydrogen-bond acceptors (Lipinski definition) is 4. The summed E-state index contributed by atoms with van der Waals surface area (Å²) in [6.45, 7) is 12.1. The highest BCUT2D eigenvalue weighted by molar-refractivity contribution is 7.89. The Kier molecular flexibility index (Phi) is 5.66. The average molecular weight is 379 g/mol. The van der Waals surface area contributed by atoms with Gasteiger partial charge in [-0.2, -0.15) is 5.10 Å². The molecule has 0 amide bonds. The summed E-state index contributed by atoms with van der Waals surface area (Å²) >= 11 is 0. The zero-order valence-electron chi connectivity index (χ0n) is 16.5. The molecule has 0 unspecified atom stereocenters. The normalized spacial score (nSPS) is 13.2. The van der Waals surface area contributed by atoms with Crippen LogP contribution in [-0.2, 0) is 23.0 Å².